The molecule has 0 radical (unpaired) electrons. The Balaban J connectivity index is 2.54. The first kappa shape index (κ1) is 14.6. The fraction of sp³-hybridized carbons (Fsp3) is 0.444. The summed E-state index contributed by atoms with van der Waals surface area (Å²) in [6, 6.07) is 1.03. The van der Waals surface area contributed by atoms with Crippen LogP contribution in [0.3, 0.4) is 0 Å². The molecule has 0 bridgehead atoms. The van der Waals surface area contributed by atoms with Gasteiger partial charge in [-0.1, -0.05) is 0 Å². The zero-order chi connectivity index (χ0) is 13.6. The predicted molar refractivity (Wildman–Crippen MR) is 60.8 cm³/mol. The summed E-state index contributed by atoms with van der Waals surface area (Å²) < 4.78 is 30.5. The fourth-order valence-electron chi connectivity index (χ4n) is 1.15. The zero-order valence-corrected chi connectivity index (χ0v) is 10.2. The van der Waals surface area contributed by atoms with E-state index in [9.17, 15) is 13.2 Å². The van der Waals surface area contributed by atoms with Gasteiger partial charge in [0.05, 0.1) is 19.8 Å². The first-order valence-electron chi connectivity index (χ1n) is 5.07. The van der Waals surface area contributed by atoms with Gasteiger partial charge in [0, 0.05) is 12.7 Å². The number of carboxylic acid groups (broad SMARTS) is 1. The number of aromatic amines is 1. The highest BCUT2D eigenvalue weighted by molar-refractivity contribution is 7.89. The highest BCUT2D eigenvalue weighted by Gasteiger charge is 2.17. The van der Waals surface area contributed by atoms with Gasteiger partial charge in [0.25, 0.3) is 0 Å². The molecule has 0 saturated carbocycles. The van der Waals surface area contributed by atoms with Crippen molar-refractivity contribution < 1.29 is 28.2 Å². The SMILES string of the molecule is O=C(O)c1cc(S(=O)(=O)NCCOCCO)c[nH]1. The van der Waals surface area contributed by atoms with E-state index < -0.39 is 16.0 Å². The van der Waals surface area contributed by atoms with Gasteiger partial charge in [-0.3, -0.25) is 0 Å². The molecule has 0 fully saturated rings. The van der Waals surface area contributed by atoms with Crippen LogP contribution in [0.2, 0.25) is 0 Å². The van der Waals surface area contributed by atoms with Crippen LogP contribution in [0, 0.1) is 0 Å². The van der Waals surface area contributed by atoms with E-state index in [0.717, 1.165) is 12.3 Å². The molecule has 1 aromatic heterocycles. The molecule has 1 heterocycles. The number of ether oxygens (including phenoxy) is 1. The Labute approximate surface area is 104 Å². The van der Waals surface area contributed by atoms with E-state index in [0.29, 0.717) is 0 Å². The van der Waals surface area contributed by atoms with Gasteiger partial charge >= 0.3 is 5.97 Å². The van der Waals surface area contributed by atoms with E-state index >= 15 is 0 Å². The van der Waals surface area contributed by atoms with Gasteiger partial charge in [0.1, 0.15) is 10.6 Å². The van der Waals surface area contributed by atoms with E-state index in [1.807, 2.05) is 0 Å². The lowest BCUT2D eigenvalue weighted by Crippen LogP contribution is -2.27. The topological polar surface area (TPSA) is 129 Å². The number of rotatable bonds is 8. The maximum absolute atomic E-state index is 11.7. The quantitative estimate of drug-likeness (QED) is 0.451. The molecular formula is C9H14N2O6S. The monoisotopic (exact) mass is 278 g/mol. The van der Waals surface area contributed by atoms with Gasteiger partial charge in [0.15, 0.2) is 0 Å². The summed E-state index contributed by atoms with van der Waals surface area (Å²) in [6.45, 7) is 0.160. The van der Waals surface area contributed by atoms with E-state index in [1.165, 1.54) is 0 Å². The summed E-state index contributed by atoms with van der Waals surface area (Å²) in [6.07, 6.45) is 1.10. The number of sulfonamides is 1. The van der Waals surface area contributed by atoms with Crippen molar-refractivity contribution in [2.75, 3.05) is 26.4 Å². The molecule has 0 saturated heterocycles. The number of H-pyrrole nitrogens is 1. The molecule has 4 N–H and O–H groups in total. The van der Waals surface area contributed by atoms with E-state index in [4.69, 9.17) is 14.9 Å². The second-order valence-electron chi connectivity index (χ2n) is 3.29. The van der Waals surface area contributed by atoms with E-state index in [-0.39, 0.29) is 37.0 Å². The maximum atomic E-state index is 11.7. The molecule has 9 heteroatoms. The van der Waals surface area contributed by atoms with Gasteiger partial charge in [-0.25, -0.2) is 17.9 Å². The number of aromatic carboxylic acids is 1. The third kappa shape index (κ3) is 4.11. The standard InChI is InChI=1S/C9H14N2O6S/c12-2-4-17-3-1-11-18(15,16)7-5-8(9(13)14)10-6-7/h5-6,10-12H,1-4H2,(H,13,14). The average Bonchev–Trinajstić information content (AvgIpc) is 2.78. The van der Waals surface area contributed by atoms with Crippen molar-refractivity contribution in [3.8, 4) is 0 Å². The minimum atomic E-state index is -3.75. The number of hydrogen-bond donors (Lipinski definition) is 4. The molecule has 1 rings (SSSR count). The Morgan fingerprint density at radius 3 is 2.72 bits per heavy atom. The lowest BCUT2D eigenvalue weighted by molar-refractivity contribution is 0.0691. The summed E-state index contributed by atoms with van der Waals surface area (Å²) in [5.41, 5.74) is -0.202. The molecule has 0 amide bonds. The zero-order valence-electron chi connectivity index (χ0n) is 9.42. The van der Waals surface area contributed by atoms with Gasteiger partial charge in [-0.05, 0) is 6.07 Å². The molecule has 8 nitrogen and oxygen atoms in total. The van der Waals surface area contributed by atoms with E-state index in [1.54, 1.807) is 0 Å². The third-order valence-corrected chi connectivity index (χ3v) is 3.41. The number of aromatic nitrogens is 1. The van der Waals surface area contributed by atoms with Gasteiger partial charge in [-0.2, -0.15) is 0 Å². The molecule has 0 atom stereocenters. The first-order valence-corrected chi connectivity index (χ1v) is 6.55. The second kappa shape index (κ2) is 6.50. The summed E-state index contributed by atoms with van der Waals surface area (Å²) in [4.78, 5) is 12.8. The van der Waals surface area contributed by atoms with E-state index in [2.05, 4.69) is 9.71 Å². The predicted octanol–water partition coefficient (Wildman–Crippen LogP) is -1.000. The van der Waals surface area contributed by atoms with Gasteiger partial charge in [-0.15, -0.1) is 0 Å². The molecule has 18 heavy (non-hydrogen) atoms. The first-order chi connectivity index (χ1) is 8.47. The third-order valence-electron chi connectivity index (χ3n) is 1.97. The molecule has 0 aliphatic rings. The maximum Gasteiger partial charge on any atom is 0.352 e. The molecule has 0 aliphatic heterocycles. The second-order valence-corrected chi connectivity index (χ2v) is 5.05. The minimum Gasteiger partial charge on any atom is -0.477 e. The smallest absolute Gasteiger partial charge is 0.352 e. The van der Waals surface area contributed by atoms with Gasteiger partial charge < -0.3 is 19.9 Å². The highest BCUT2D eigenvalue weighted by Crippen LogP contribution is 2.10. The summed E-state index contributed by atoms with van der Waals surface area (Å²) in [5.74, 6) is -1.23. The summed E-state index contributed by atoms with van der Waals surface area (Å²) >= 11 is 0. The van der Waals surface area contributed by atoms with Crippen molar-refractivity contribution in [3.63, 3.8) is 0 Å². The highest BCUT2D eigenvalue weighted by atomic mass is 32.2. The Kier molecular flexibility index (Phi) is 5.28. The van der Waals surface area contributed by atoms with Crippen LogP contribution in [0.15, 0.2) is 17.2 Å². The summed E-state index contributed by atoms with van der Waals surface area (Å²) in [7, 11) is -3.75. The van der Waals surface area contributed by atoms with Crippen molar-refractivity contribution in [1.82, 2.24) is 9.71 Å². The lowest BCUT2D eigenvalue weighted by Gasteiger charge is -2.04. The van der Waals surface area contributed by atoms with Crippen LogP contribution >= 0.6 is 0 Å². The average molecular weight is 278 g/mol. The van der Waals surface area contributed by atoms with Crippen molar-refractivity contribution in [2.24, 2.45) is 0 Å². The van der Waals surface area contributed by atoms with Crippen LogP contribution in [0.25, 0.3) is 0 Å². The number of hydrogen-bond acceptors (Lipinski definition) is 5. The normalized spacial score (nSPS) is 11.6. The summed E-state index contributed by atoms with van der Waals surface area (Å²) in [5, 5.41) is 17.1. The molecule has 102 valence electrons. The van der Waals surface area contributed by atoms with Crippen LogP contribution in [-0.2, 0) is 14.8 Å². The van der Waals surface area contributed by atoms with Crippen molar-refractivity contribution >= 4 is 16.0 Å². The van der Waals surface area contributed by atoms with Crippen molar-refractivity contribution in [1.29, 1.82) is 0 Å². The molecule has 0 aliphatic carbocycles. The van der Waals surface area contributed by atoms with Crippen LogP contribution in [0.4, 0.5) is 0 Å². The Hall–Kier alpha value is -1.42. The largest absolute Gasteiger partial charge is 0.477 e. The molecule has 1 aromatic rings. The lowest BCUT2D eigenvalue weighted by atomic mass is 10.4. The van der Waals surface area contributed by atoms with Gasteiger partial charge in [0.2, 0.25) is 10.0 Å². The number of carbonyl (C=O) groups is 1. The van der Waals surface area contributed by atoms with Crippen LogP contribution in [-0.4, -0.2) is 55.9 Å². The van der Waals surface area contributed by atoms with Crippen LogP contribution in [0.5, 0.6) is 0 Å². The van der Waals surface area contributed by atoms with Crippen LogP contribution in [0.1, 0.15) is 10.5 Å². The number of nitrogens with one attached hydrogen (secondary N) is 2. The fourth-order valence-corrected chi connectivity index (χ4v) is 2.16. The molecule has 0 unspecified atom stereocenters. The Bertz CT molecular complexity index is 495. The molecule has 0 spiro atoms. The molecule has 0 aromatic carbocycles. The minimum absolute atomic E-state index is 0.0376. The van der Waals surface area contributed by atoms with Crippen LogP contribution < -0.4 is 4.72 Å². The number of carboxylic acids is 1. The van der Waals surface area contributed by atoms with Crippen molar-refractivity contribution in [3.05, 3.63) is 18.0 Å². The number of aliphatic hydroxyl groups excluding tert-OH is 1. The Morgan fingerprint density at radius 2 is 2.17 bits per heavy atom. The Morgan fingerprint density at radius 1 is 1.44 bits per heavy atom. The molecular weight excluding hydrogens is 264 g/mol. The van der Waals surface area contributed by atoms with Crippen molar-refractivity contribution in [2.45, 2.75) is 4.90 Å². The number of aliphatic hydroxyl groups is 1.